The SMILES string of the molecule is C1CC(C[Se]CC2CS2)CCC1C[Se]CC1CS1. The van der Waals surface area contributed by atoms with Crippen LogP contribution in [0.3, 0.4) is 0 Å². The molecule has 0 spiro atoms. The average molecular weight is 414 g/mol. The van der Waals surface area contributed by atoms with E-state index in [-0.39, 0.29) is 0 Å². The van der Waals surface area contributed by atoms with E-state index in [4.69, 9.17) is 0 Å². The van der Waals surface area contributed by atoms with Gasteiger partial charge >= 0.3 is 134 Å². The number of hydrogen-bond acceptors (Lipinski definition) is 2. The van der Waals surface area contributed by atoms with Gasteiger partial charge in [0.25, 0.3) is 0 Å². The fourth-order valence-electron chi connectivity index (χ4n) is 2.63. The molecule has 2 heterocycles. The van der Waals surface area contributed by atoms with Gasteiger partial charge in [-0.2, -0.15) is 0 Å². The molecule has 0 radical (unpaired) electrons. The van der Waals surface area contributed by atoms with Crippen molar-refractivity contribution < 1.29 is 0 Å². The summed E-state index contributed by atoms with van der Waals surface area (Å²) in [5.74, 6) is 5.24. The first-order valence-corrected chi connectivity index (χ1v) is 14.2. The van der Waals surface area contributed by atoms with Crippen LogP contribution < -0.4 is 0 Å². The quantitative estimate of drug-likeness (QED) is 0.433. The Balaban J connectivity index is 1.21. The van der Waals surface area contributed by atoms with E-state index >= 15 is 0 Å². The second-order valence-electron chi connectivity index (χ2n) is 5.87. The van der Waals surface area contributed by atoms with E-state index in [9.17, 15) is 0 Å². The molecule has 0 amide bonds. The van der Waals surface area contributed by atoms with Gasteiger partial charge in [0, 0.05) is 0 Å². The van der Waals surface area contributed by atoms with Crippen LogP contribution in [0, 0.1) is 11.8 Å². The average Bonchev–Trinajstić information content (AvgIpc) is 3.25. The number of thioether (sulfide) groups is 2. The molecule has 0 bridgehead atoms. The molecule has 2 atom stereocenters. The van der Waals surface area contributed by atoms with Crippen LogP contribution in [-0.4, -0.2) is 51.9 Å². The van der Waals surface area contributed by atoms with Gasteiger partial charge in [0.15, 0.2) is 0 Å². The zero-order chi connectivity index (χ0) is 12.2. The summed E-state index contributed by atoms with van der Waals surface area (Å²) in [5, 5.41) is 8.59. The summed E-state index contributed by atoms with van der Waals surface area (Å²) >= 11 is 6.35. The second-order valence-corrected chi connectivity index (χ2v) is 13.0. The Bertz CT molecular complexity index is 220. The summed E-state index contributed by atoms with van der Waals surface area (Å²) in [6.07, 6.45) is 6.33. The van der Waals surface area contributed by atoms with E-state index in [2.05, 4.69) is 23.5 Å². The molecule has 2 aliphatic heterocycles. The summed E-state index contributed by atoms with van der Waals surface area (Å²) in [7, 11) is 0. The maximum absolute atomic E-state index is 2.19. The van der Waals surface area contributed by atoms with Crippen molar-refractivity contribution in [2.45, 2.75) is 57.5 Å². The molecule has 18 heavy (non-hydrogen) atoms. The topological polar surface area (TPSA) is 0 Å². The van der Waals surface area contributed by atoms with Gasteiger partial charge in [0.2, 0.25) is 0 Å². The molecule has 2 unspecified atom stereocenters. The minimum atomic E-state index is 0.985. The van der Waals surface area contributed by atoms with E-state index < -0.39 is 0 Å². The Kier molecular flexibility index (Phi) is 6.24. The Labute approximate surface area is 133 Å². The van der Waals surface area contributed by atoms with E-state index in [0.29, 0.717) is 0 Å². The van der Waals surface area contributed by atoms with Crippen LogP contribution in [0.2, 0.25) is 21.3 Å². The van der Waals surface area contributed by atoms with Crippen LogP contribution in [0.5, 0.6) is 0 Å². The predicted molar refractivity (Wildman–Crippen MR) is 88.7 cm³/mol. The maximum atomic E-state index is 2.19. The van der Waals surface area contributed by atoms with Gasteiger partial charge in [-0.15, -0.1) is 0 Å². The molecule has 104 valence electrons. The standard InChI is InChI=1S/C14H24S2Se2/c1-2-12(8-18-10-14-6-16-14)4-3-11(1)7-17-9-13-5-15-13/h11-14H,1-10H2. The van der Waals surface area contributed by atoms with E-state index in [1.54, 1.807) is 47.0 Å². The van der Waals surface area contributed by atoms with Gasteiger partial charge in [-0.1, -0.05) is 0 Å². The molecular formula is C14H24S2Se2. The van der Waals surface area contributed by atoms with Crippen LogP contribution in [0.1, 0.15) is 25.7 Å². The third-order valence-electron chi connectivity index (χ3n) is 4.09. The van der Waals surface area contributed by atoms with Crippen molar-refractivity contribution in [3.63, 3.8) is 0 Å². The summed E-state index contributed by atoms with van der Waals surface area (Å²) in [4.78, 5) is 0. The fourth-order valence-corrected chi connectivity index (χ4v) is 11.2. The van der Waals surface area contributed by atoms with Crippen molar-refractivity contribution >= 4 is 53.4 Å². The van der Waals surface area contributed by atoms with Crippen molar-refractivity contribution in [3.8, 4) is 0 Å². The molecule has 0 N–H and O–H groups in total. The Morgan fingerprint density at radius 2 is 1.06 bits per heavy atom. The monoisotopic (exact) mass is 416 g/mol. The first kappa shape index (κ1) is 14.7. The first-order chi connectivity index (χ1) is 8.90. The van der Waals surface area contributed by atoms with Gasteiger partial charge < -0.3 is 0 Å². The third-order valence-corrected chi connectivity index (χ3v) is 12.6. The van der Waals surface area contributed by atoms with Crippen molar-refractivity contribution in [1.29, 1.82) is 0 Å². The second kappa shape index (κ2) is 7.66. The van der Waals surface area contributed by atoms with Crippen LogP contribution in [0.4, 0.5) is 0 Å². The Morgan fingerprint density at radius 1 is 0.667 bits per heavy atom. The van der Waals surface area contributed by atoms with Gasteiger partial charge in [-0.3, -0.25) is 0 Å². The first-order valence-electron chi connectivity index (χ1n) is 7.29. The molecule has 4 heteroatoms. The molecule has 0 aromatic heterocycles. The van der Waals surface area contributed by atoms with Crippen molar-refractivity contribution in [3.05, 3.63) is 0 Å². The third kappa shape index (κ3) is 5.62. The van der Waals surface area contributed by atoms with Crippen LogP contribution in [0.25, 0.3) is 0 Å². The molecule has 0 nitrogen and oxygen atoms in total. The van der Waals surface area contributed by atoms with Crippen molar-refractivity contribution in [2.75, 3.05) is 11.5 Å². The molecule has 2 saturated heterocycles. The van der Waals surface area contributed by atoms with Crippen LogP contribution in [0.15, 0.2) is 0 Å². The molecule has 0 aromatic rings. The Hall–Kier alpha value is 1.74. The molecule has 1 aliphatic carbocycles. The summed E-state index contributed by atoms with van der Waals surface area (Å²) in [6.45, 7) is 0. The van der Waals surface area contributed by atoms with Crippen LogP contribution in [-0.2, 0) is 0 Å². The van der Waals surface area contributed by atoms with Gasteiger partial charge in [-0.05, 0) is 0 Å². The van der Waals surface area contributed by atoms with Gasteiger partial charge in [-0.25, -0.2) is 0 Å². The predicted octanol–water partition coefficient (Wildman–Crippen LogP) is 4.11. The van der Waals surface area contributed by atoms with Gasteiger partial charge in [0.1, 0.15) is 0 Å². The minimum absolute atomic E-state index is 0.985. The van der Waals surface area contributed by atoms with Crippen molar-refractivity contribution in [1.82, 2.24) is 0 Å². The zero-order valence-electron chi connectivity index (χ0n) is 11.0. The van der Waals surface area contributed by atoms with Crippen molar-refractivity contribution in [2.24, 2.45) is 11.8 Å². The van der Waals surface area contributed by atoms with E-state index in [1.807, 2.05) is 0 Å². The normalized spacial score (nSPS) is 38.7. The molecule has 3 rings (SSSR count). The Morgan fingerprint density at radius 3 is 1.39 bits per heavy atom. The van der Waals surface area contributed by atoms with E-state index in [1.165, 1.54) is 11.5 Å². The number of rotatable bonds is 8. The zero-order valence-corrected chi connectivity index (χ0v) is 16.1. The summed E-state index contributed by atoms with van der Waals surface area (Å²) in [5.41, 5.74) is 0. The summed E-state index contributed by atoms with van der Waals surface area (Å²) in [6, 6.07) is 0. The van der Waals surface area contributed by atoms with Crippen LogP contribution >= 0.6 is 23.5 Å². The molecule has 1 saturated carbocycles. The van der Waals surface area contributed by atoms with Gasteiger partial charge in [0.05, 0.1) is 0 Å². The number of hydrogen-bond donors (Lipinski definition) is 0. The molecule has 3 fully saturated rings. The summed E-state index contributed by atoms with van der Waals surface area (Å²) < 4.78 is 0. The molecule has 3 aliphatic rings. The molecule has 0 aromatic carbocycles. The fraction of sp³-hybridized carbons (Fsp3) is 1.00. The van der Waals surface area contributed by atoms with E-state index in [0.717, 1.165) is 52.2 Å². The molecular weight excluding hydrogens is 390 g/mol.